The van der Waals surface area contributed by atoms with Gasteiger partial charge in [0.2, 0.25) is 6.08 Å². The quantitative estimate of drug-likeness (QED) is 0.459. The van der Waals surface area contributed by atoms with Crippen molar-refractivity contribution in [2.45, 2.75) is 48.8 Å². The monoisotopic (exact) mass is 247 g/mol. The number of nitrogens with zero attached hydrogens (tertiary/aromatic N) is 1. The average molecular weight is 247 g/mol. The van der Waals surface area contributed by atoms with Gasteiger partial charge in [-0.05, 0) is 37.0 Å². The smallest absolute Gasteiger partial charge is 0.211 e. The minimum Gasteiger partial charge on any atom is -0.211 e. The molecular weight excluding hydrogens is 230 g/mol. The molecule has 90 valence electrons. The van der Waals surface area contributed by atoms with E-state index in [9.17, 15) is 4.79 Å². The lowest BCUT2D eigenvalue weighted by molar-refractivity contribution is 0.256. The molecule has 0 N–H and O–H groups in total. The van der Waals surface area contributed by atoms with Crippen LogP contribution in [0.25, 0.3) is 0 Å². The molecule has 2 rings (SSSR count). The van der Waals surface area contributed by atoms with Crippen molar-refractivity contribution in [3.8, 4) is 0 Å². The SMILES string of the molecule is CC(C)Sc1ccc(C2(N=C=O)CCC2)cc1. The van der Waals surface area contributed by atoms with Crippen molar-refractivity contribution in [3.05, 3.63) is 29.8 Å². The molecule has 0 radical (unpaired) electrons. The Balaban J connectivity index is 2.19. The van der Waals surface area contributed by atoms with Crippen molar-refractivity contribution in [3.63, 3.8) is 0 Å². The van der Waals surface area contributed by atoms with E-state index in [0.29, 0.717) is 5.25 Å². The van der Waals surface area contributed by atoms with Crippen molar-refractivity contribution < 1.29 is 4.79 Å². The van der Waals surface area contributed by atoms with E-state index in [0.717, 1.165) is 24.8 Å². The van der Waals surface area contributed by atoms with Crippen LogP contribution in [0.5, 0.6) is 0 Å². The van der Waals surface area contributed by atoms with Gasteiger partial charge >= 0.3 is 0 Å². The van der Waals surface area contributed by atoms with Crippen LogP contribution >= 0.6 is 11.8 Å². The maximum Gasteiger partial charge on any atom is 0.235 e. The van der Waals surface area contributed by atoms with Gasteiger partial charge in [-0.1, -0.05) is 26.0 Å². The lowest BCUT2D eigenvalue weighted by atomic mass is 9.72. The second kappa shape index (κ2) is 5.07. The fourth-order valence-electron chi connectivity index (χ4n) is 2.18. The molecule has 0 spiro atoms. The summed E-state index contributed by atoms with van der Waals surface area (Å²) in [5, 5.41) is 0.589. The van der Waals surface area contributed by atoms with Gasteiger partial charge in [0.15, 0.2) is 0 Å². The van der Waals surface area contributed by atoms with E-state index in [1.165, 1.54) is 4.90 Å². The Morgan fingerprint density at radius 2 is 1.94 bits per heavy atom. The summed E-state index contributed by atoms with van der Waals surface area (Å²) in [6, 6.07) is 8.45. The van der Waals surface area contributed by atoms with Crippen LogP contribution in [0, 0.1) is 0 Å². The van der Waals surface area contributed by atoms with Crippen molar-refractivity contribution in [2.24, 2.45) is 4.99 Å². The fourth-order valence-corrected chi connectivity index (χ4v) is 3.02. The highest BCUT2D eigenvalue weighted by atomic mass is 32.2. The average Bonchev–Trinajstić information content (AvgIpc) is 2.24. The first-order valence-corrected chi connectivity index (χ1v) is 6.90. The summed E-state index contributed by atoms with van der Waals surface area (Å²) in [6.07, 6.45) is 4.81. The number of rotatable bonds is 4. The summed E-state index contributed by atoms with van der Waals surface area (Å²) in [4.78, 5) is 15.8. The Bertz CT molecular complexity index is 428. The molecule has 3 heteroatoms. The topological polar surface area (TPSA) is 29.4 Å². The number of hydrogen-bond donors (Lipinski definition) is 0. The molecule has 0 aliphatic heterocycles. The second-order valence-electron chi connectivity index (χ2n) is 4.78. The normalized spacial score (nSPS) is 17.4. The van der Waals surface area contributed by atoms with E-state index in [4.69, 9.17) is 0 Å². The Labute approximate surface area is 107 Å². The molecule has 17 heavy (non-hydrogen) atoms. The van der Waals surface area contributed by atoms with Gasteiger partial charge in [-0.15, -0.1) is 11.8 Å². The third kappa shape index (κ3) is 2.62. The first-order chi connectivity index (χ1) is 8.16. The van der Waals surface area contributed by atoms with Gasteiger partial charge in [-0.25, -0.2) is 4.79 Å². The zero-order chi connectivity index (χ0) is 12.3. The third-order valence-electron chi connectivity index (χ3n) is 3.20. The lowest BCUT2D eigenvalue weighted by Gasteiger charge is -2.37. The molecule has 0 bridgehead atoms. The van der Waals surface area contributed by atoms with E-state index in [1.807, 2.05) is 11.8 Å². The number of benzene rings is 1. The van der Waals surface area contributed by atoms with E-state index >= 15 is 0 Å². The molecule has 1 aromatic rings. The van der Waals surface area contributed by atoms with Crippen molar-refractivity contribution >= 4 is 17.8 Å². The zero-order valence-corrected chi connectivity index (χ0v) is 11.1. The van der Waals surface area contributed by atoms with Crippen LogP contribution in [-0.2, 0) is 10.3 Å². The highest BCUT2D eigenvalue weighted by Gasteiger charge is 2.38. The van der Waals surface area contributed by atoms with Gasteiger partial charge in [0, 0.05) is 10.1 Å². The first kappa shape index (κ1) is 12.4. The second-order valence-corrected chi connectivity index (χ2v) is 6.43. The Kier molecular flexibility index (Phi) is 3.70. The summed E-state index contributed by atoms with van der Waals surface area (Å²) in [6.45, 7) is 4.37. The molecule has 2 nitrogen and oxygen atoms in total. The van der Waals surface area contributed by atoms with Crippen molar-refractivity contribution in [1.82, 2.24) is 0 Å². The van der Waals surface area contributed by atoms with E-state index in [2.05, 4.69) is 43.1 Å². The largest absolute Gasteiger partial charge is 0.235 e. The molecule has 0 unspecified atom stereocenters. The van der Waals surface area contributed by atoms with Crippen LogP contribution in [-0.4, -0.2) is 11.3 Å². The maximum atomic E-state index is 10.5. The maximum absolute atomic E-state index is 10.5. The van der Waals surface area contributed by atoms with Gasteiger partial charge in [0.1, 0.15) is 0 Å². The van der Waals surface area contributed by atoms with Crippen LogP contribution in [0.2, 0.25) is 0 Å². The van der Waals surface area contributed by atoms with Gasteiger partial charge in [-0.2, -0.15) is 4.99 Å². The minimum absolute atomic E-state index is 0.261. The minimum atomic E-state index is -0.261. The van der Waals surface area contributed by atoms with Gasteiger partial charge < -0.3 is 0 Å². The van der Waals surface area contributed by atoms with E-state index in [-0.39, 0.29) is 5.54 Å². The molecule has 1 aliphatic carbocycles. The van der Waals surface area contributed by atoms with E-state index in [1.54, 1.807) is 6.08 Å². The fraction of sp³-hybridized carbons (Fsp3) is 0.500. The number of carbonyl (C=O) groups excluding carboxylic acids is 1. The first-order valence-electron chi connectivity index (χ1n) is 6.02. The van der Waals surface area contributed by atoms with Crippen molar-refractivity contribution in [1.29, 1.82) is 0 Å². The van der Waals surface area contributed by atoms with Gasteiger partial charge in [-0.3, -0.25) is 0 Å². The number of thioether (sulfide) groups is 1. The van der Waals surface area contributed by atoms with Crippen LogP contribution in [0.15, 0.2) is 34.2 Å². The molecule has 1 aliphatic rings. The molecule has 0 heterocycles. The standard InChI is InChI=1S/C14H17NOS/c1-11(2)17-13-6-4-12(5-7-13)14(15-10-16)8-3-9-14/h4-7,11H,3,8-9H2,1-2H3. The zero-order valence-electron chi connectivity index (χ0n) is 10.3. The summed E-state index contributed by atoms with van der Waals surface area (Å²) in [5.41, 5.74) is 0.892. The van der Waals surface area contributed by atoms with Gasteiger partial charge in [0.25, 0.3) is 0 Å². The van der Waals surface area contributed by atoms with Crippen molar-refractivity contribution in [2.75, 3.05) is 0 Å². The highest BCUT2D eigenvalue weighted by molar-refractivity contribution is 7.99. The van der Waals surface area contributed by atoms with Crippen LogP contribution in [0.3, 0.4) is 0 Å². The van der Waals surface area contributed by atoms with Gasteiger partial charge in [0.05, 0.1) is 5.54 Å². The molecule has 0 aromatic heterocycles. The Morgan fingerprint density at radius 1 is 1.29 bits per heavy atom. The molecule has 0 amide bonds. The molecule has 0 atom stereocenters. The van der Waals surface area contributed by atoms with E-state index < -0.39 is 0 Å². The molecule has 1 aromatic carbocycles. The predicted molar refractivity (Wildman–Crippen MR) is 71.1 cm³/mol. The molecule has 0 saturated heterocycles. The predicted octanol–water partition coefficient (Wildman–Crippen LogP) is 3.90. The number of hydrogen-bond acceptors (Lipinski definition) is 3. The summed E-state index contributed by atoms with van der Waals surface area (Å²) < 4.78 is 0. The molecule has 1 saturated carbocycles. The highest BCUT2D eigenvalue weighted by Crippen LogP contribution is 2.45. The Hall–Kier alpha value is -1.05. The summed E-state index contributed by atoms with van der Waals surface area (Å²) >= 11 is 1.85. The molecular formula is C14H17NOS. The van der Waals surface area contributed by atoms with Crippen LogP contribution < -0.4 is 0 Å². The Morgan fingerprint density at radius 3 is 2.35 bits per heavy atom. The molecule has 1 fully saturated rings. The number of isocyanates is 1. The summed E-state index contributed by atoms with van der Waals surface area (Å²) in [7, 11) is 0. The lowest BCUT2D eigenvalue weighted by Crippen LogP contribution is -2.31. The van der Waals surface area contributed by atoms with Crippen LogP contribution in [0.4, 0.5) is 0 Å². The van der Waals surface area contributed by atoms with Crippen LogP contribution in [0.1, 0.15) is 38.7 Å². The number of aliphatic imine (C=N–C) groups is 1. The third-order valence-corrected chi connectivity index (χ3v) is 4.22. The summed E-state index contributed by atoms with van der Waals surface area (Å²) in [5.74, 6) is 0.